The van der Waals surface area contributed by atoms with Gasteiger partial charge >= 0.3 is 11.4 Å². The zero-order valence-corrected chi connectivity index (χ0v) is 18.5. The molecule has 4 aromatic heterocycles. The van der Waals surface area contributed by atoms with Crippen LogP contribution in [0.5, 0.6) is 0 Å². The number of aliphatic hydroxyl groups is 2. The molecule has 1 saturated heterocycles. The summed E-state index contributed by atoms with van der Waals surface area (Å²) in [5.74, 6) is 0.771. The summed E-state index contributed by atoms with van der Waals surface area (Å²) in [7, 11) is 0. The Bertz CT molecular complexity index is 1440. The number of nitrogens with two attached hydrogens (primary N) is 2. The number of hydrogen-bond acceptors (Lipinski definition) is 12. The van der Waals surface area contributed by atoms with Crippen LogP contribution in [0.25, 0.3) is 11.2 Å². The fourth-order valence-electron chi connectivity index (χ4n) is 3.02. The normalized spacial score (nSPS) is 18.9. The van der Waals surface area contributed by atoms with Gasteiger partial charge in [0, 0.05) is 24.4 Å². The third-order valence-electron chi connectivity index (χ3n) is 4.79. The van der Waals surface area contributed by atoms with Crippen LogP contribution in [-0.4, -0.2) is 68.5 Å². The van der Waals surface area contributed by atoms with E-state index in [1.165, 1.54) is 35.7 Å². The van der Waals surface area contributed by atoms with E-state index < -0.39 is 35.4 Å². The van der Waals surface area contributed by atoms with Crippen molar-refractivity contribution in [3.05, 3.63) is 68.0 Å². The number of hydrogen-bond donors (Lipinski definition) is 7. The van der Waals surface area contributed by atoms with Gasteiger partial charge in [-0.25, -0.2) is 29.5 Å². The number of ether oxygens (including phenoxy) is 1. The van der Waals surface area contributed by atoms with Gasteiger partial charge in [0.25, 0.3) is 5.56 Å². The number of rotatable bonds is 2. The predicted molar refractivity (Wildman–Crippen MR) is 123 cm³/mol. The SMILES string of the molecule is Cc1cn([C@H]2C[C@H](O)[C@@H](CO)O2)c(=O)[nH]c1=O.Nc1ccnc(=O)[nH]1.Nc1ncnc2nc[nH]c12. The molecule has 1 aliphatic rings. The summed E-state index contributed by atoms with van der Waals surface area (Å²) in [4.78, 5) is 55.2. The maximum absolute atomic E-state index is 11.6. The standard InChI is InChI=1S/C10H14N2O5.C5H5N5.C4H5N3O/c1-5-3-12(10(16)11-9(5)15)8-2-6(14)7(4-13)17-8;6-4-3-5(9-1-7-3)10-2-8-4;5-3-1-2-6-4(8)7-3/h3,6-8,13-14H,2,4H2,1H3,(H,11,15,16);1-2H,(H3,6,7,8,9,10);1-2H,(H3,5,6,7,8)/t6-,7+,8+;;/m0../s1. The maximum atomic E-state index is 11.6. The fraction of sp³-hybridized carbons (Fsp3) is 0.316. The zero-order valence-electron chi connectivity index (χ0n) is 18.5. The van der Waals surface area contributed by atoms with Gasteiger partial charge in [0.1, 0.15) is 30.0 Å². The highest BCUT2D eigenvalue weighted by atomic mass is 16.5. The quantitative estimate of drug-likeness (QED) is 0.158. The number of fused-ring (bicyclic) bond motifs is 1. The van der Waals surface area contributed by atoms with Crippen LogP contribution >= 0.6 is 0 Å². The average molecular weight is 488 g/mol. The first-order chi connectivity index (χ1) is 16.7. The van der Waals surface area contributed by atoms with Gasteiger partial charge in [-0.05, 0) is 13.0 Å². The molecule has 16 nitrogen and oxygen atoms in total. The van der Waals surface area contributed by atoms with Crippen molar-refractivity contribution in [3.63, 3.8) is 0 Å². The van der Waals surface area contributed by atoms with Crippen molar-refractivity contribution in [1.82, 2.24) is 39.5 Å². The molecule has 0 amide bonds. The topological polar surface area (TPSA) is 257 Å². The lowest BCUT2D eigenvalue weighted by Gasteiger charge is -2.14. The number of nitrogens with zero attached hydrogens (tertiary/aromatic N) is 5. The number of nitrogen functional groups attached to an aromatic ring is 2. The fourth-order valence-corrected chi connectivity index (χ4v) is 3.02. The van der Waals surface area contributed by atoms with Crippen molar-refractivity contribution < 1.29 is 14.9 Å². The number of nitrogens with one attached hydrogen (secondary N) is 3. The molecule has 9 N–H and O–H groups in total. The van der Waals surface area contributed by atoms with E-state index in [1.54, 1.807) is 6.92 Å². The summed E-state index contributed by atoms with van der Waals surface area (Å²) < 4.78 is 6.54. The molecule has 0 bridgehead atoms. The van der Waals surface area contributed by atoms with E-state index in [4.69, 9.17) is 21.3 Å². The molecule has 0 unspecified atom stereocenters. The Labute approximate surface area is 195 Å². The lowest BCUT2D eigenvalue weighted by atomic mass is 10.2. The van der Waals surface area contributed by atoms with Crippen molar-refractivity contribution >= 4 is 22.8 Å². The maximum Gasteiger partial charge on any atom is 0.346 e. The second-order valence-electron chi connectivity index (χ2n) is 7.28. The number of H-pyrrole nitrogens is 3. The third kappa shape index (κ3) is 6.34. The van der Waals surface area contributed by atoms with Crippen molar-refractivity contribution in [2.45, 2.75) is 31.8 Å². The summed E-state index contributed by atoms with van der Waals surface area (Å²) >= 11 is 0. The highest BCUT2D eigenvalue weighted by Crippen LogP contribution is 2.27. The molecule has 0 spiro atoms. The van der Waals surface area contributed by atoms with Crippen LogP contribution in [0.2, 0.25) is 0 Å². The first kappa shape index (κ1) is 25.2. The molecule has 186 valence electrons. The van der Waals surface area contributed by atoms with Crippen LogP contribution < -0.4 is 28.4 Å². The van der Waals surface area contributed by atoms with Crippen LogP contribution in [-0.2, 0) is 4.74 Å². The van der Waals surface area contributed by atoms with Gasteiger partial charge < -0.3 is 31.4 Å². The minimum Gasteiger partial charge on any atom is -0.394 e. The summed E-state index contributed by atoms with van der Waals surface area (Å²) in [5.41, 5.74) is 10.9. The highest BCUT2D eigenvalue weighted by Gasteiger charge is 2.34. The molecule has 0 aliphatic carbocycles. The Kier molecular flexibility index (Phi) is 8.03. The zero-order chi connectivity index (χ0) is 25.5. The van der Waals surface area contributed by atoms with Crippen LogP contribution in [0, 0.1) is 6.92 Å². The molecule has 1 fully saturated rings. The van der Waals surface area contributed by atoms with Gasteiger partial charge in [-0.15, -0.1) is 0 Å². The monoisotopic (exact) mass is 488 g/mol. The Morgan fingerprint density at radius 2 is 1.94 bits per heavy atom. The molecule has 4 aromatic rings. The average Bonchev–Trinajstić information content (AvgIpc) is 3.44. The van der Waals surface area contributed by atoms with Gasteiger partial charge in [-0.2, -0.15) is 0 Å². The second-order valence-corrected chi connectivity index (χ2v) is 7.28. The van der Waals surface area contributed by atoms with E-state index in [2.05, 4.69) is 34.9 Å². The van der Waals surface area contributed by atoms with Gasteiger partial charge in [0.15, 0.2) is 11.5 Å². The van der Waals surface area contributed by atoms with Crippen molar-refractivity contribution in [2.75, 3.05) is 18.1 Å². The molecule has 5 heterocycles. The summed E-state index contributed by atoms with van der Waals surface area (Å²) in [5, 5.41) is 18.5. The second kappa shape index (κ2) is 11.1. The van der Waals surface area contributed by atoms with E-state index in [-0.39, 0.29) is 13.0 Å². The van der Waals surface area contributed by atoms with Gasteiger partial charge in [0.2, 0.25) is 0 Å². The molecule has 1 aliphatic heterocycles. The number of aliphatic hydroxyl groups excluding tert-OH is 2. The molecule has 35 heavy (non-hydrogen) atoms. The van der Waals surface area contributed by atoms with Crippen LogP contribution in [0.15, 0.2) is 45.5 Å². The predicted octanol–water partition coefficient (Wildman–Crippen LogP) is -2.23. The Hall–Kier alpha value is -4.41. The summed E-state index contributed by atoms with van der Waals surface area (Å²) in [6.45, 7) is 1.26. The van der Waals surface area contributed by atoms with Crippen molar-refractivity contribution in [1.29, 1.82) is 0 Å². The minimum absolute atomic E-state index is 0.205. The molecule has 0 radical (unpaired) electrons. The van der Waals surface area contributed by atoms with Crippen LogP contribution in [0.1, 0.15) is 18.2 Å². The number of aromatic nitrogens is 8. The molecular weight excluding hydrogens is 464 g/mol. The van der Waals surface area contributed by atoms with Crippen molar-refractivity contribution in [3.8, 4) is 0 Å². The molecule has 0 aromatic carbocycles. The van der Waals surface area contributed by atoms with Crippen LogP contribution in [0.3, 0.4) is 0 Å². The van der Waals surface area contributed by atoms with E-state index in [9.17, 15) is 19.5 Å². The number of anilines is 2. The first-order valence-electron chi connectivity index (χ1n) is 10.2. The Balaban J connectivity index is 0.000000161. The van der Waals surface area contributed by atoms with E-state index in [0.29, 0.717) is 28.4 Å². The lowest BCUT2D eigenvalue weighted by molar-refractivity contribution is -0.0459. The summed E-state index contributed by atoms with van der Waals surface area (Å²) in [6.07, 6.45) is 3.70. The van der Waals surface area contributed by atoms with Crippen molar-refractivity contribution in [2.24, 2.45) is 0 Å². The smallest absolute Gasteiger partial charge is 0.346 e. The van der Waals surface area contributed by atoms with E-state index in [0.717, 1.165) is 0 Å². The highest BCUT2D eigenvalue weighted by molar-refractivity contribution is 5.80. The Morgan fingerprint density at radius 3 is 2.54 bits per heavy atom. The Morgan fingerprint density at radius 1 is 1.17 bits per heavy atom. The molecular formula is C19H24N10O6. The van der Waals surface area contributed by atoms with E-state index >= 15 is 0 Å². The minimum atomic E-state index is -0.816. The molecule has 16 heteroatoms. The third-order valence-corrected chi connectivity index (χ3v) is 4.79. The number of imidazole rings is 1. The molecule has 5 rings (SSSR count). The first-order valence-corrected chi connectivity index (χ1v) is 10.2. The number of aromatic amines is 3. The largest absolute Gasteiger partial charge is 0.394 e. The molecule has 3 atom stereocenters. The lowest BCUT2D eigenvalue weighted by Crippen LogP contribution is -2.33. The van der Waals surface area contributed by atoms with Gasteiger partial charge in [0.05, 0.1) is 19.0 Å². The van der Waals surface area contributed by atoms with E-state index in [1.807, 2.05) is 0 Å². The van der Waals surface area contributed by atoms with Gasteiger partial charge in [-0.3, -0.25) is 19.3 Å². The summed E-state index contributed by atoms with van der Waals surface area (Å²) in [6, 6.07) is 1.52. The van der Waals surface area contributed by atoms with Gasteiger partial charge in [-0.1, -0.05) is 0 Å². The number of aryl methyl sites for hydroxylation is 1. The molecule has 0 saturated carbocycles. The van der Waals surface area contributed by atoms with Crippen LogP contribution in [0.4, 0.5) is 11.6 Å².